The Labute approximate surface area is 76.7 Å². The molecular weight excluding hydrogens is 190 g/mol. The molecule has 0 aromatic carbocycles. The van der Waals surface area contributed by atoms with Gasteiger partial charge in [0.25, 0.3) is 15.9 Å². The van der Waals surface area contributed by atoms with E-state index in [1.165, 1.54) is 18.2 Å². The van der Waals surface area contributed by atoms with Crippen molar-refractivity contribution >= 4 is 15.9 Å². The van der Waals surface area contributed by atoms with Gasteiger partial charge >= 0.3 is 0 Å². The van der Waals surface area contributed by atoms with Gasteiger partial charge in [0.05, 0.1) is 10.5 Å². The first kappa shape index (κ1) is 9.73. The van der Waals surface area contributed by atoms with E-state index >= 15 is 0 Å². The minimum atomic E-state index is -3.64. The van der Waals surface area contributed by atoms with Crippen LogP contribution in [0, 0.1) is 0 Å². The molecule has 0 saturated carbocycles. The first-order valence-electron chi connectivity index (χ1n) is 3.59. The monoisotopic (exact) mass is 199 g/mol. The number of allylic oxidation sites excluding steroid dienone is 3. The Morgan fingerprint density at radius 2 is 2.08 bits per heavy atom. The first-order valence-corrected chi connectivity index (χ1v) is 5.08. The zero-order valence-electron chi connectivity index (χ0n) is 7.07. The third-order valence-electron chi connectivity index (χ3n) is 1.58. The zero-order chi connectivity index (χ0) is 10.1. The van der Waals surface area contributed by atoms with Crippen molar-refractivity contribution in [1.29, 1.82) is 0 Å². The van der Waals surface area contributed by atoms with Gasteiger partial charge in [-0.05, 0) is 13.0 Å². The predicted molar refractivity (Wildman–Crippen MR) is 49.1 cm³/mol. The number of hydrogen-bond acceptors (Lipinski definition) is 3. The van der Waals surface area contributed by atoms with E-state index in [0.717, 1.165) is 0 Å². The van der Waals surface area contributed by atoms with E-state index in [9.17, 15) is 13.2 Å². The number of hydrogen-bond donors (Lipinski definition) is 1. The Morgan fingerprint density at radius 1 is 1.46 bits per heavy atom. The number of sulfonamides is 1. The van der Waals surface area contributed by atoms with Gasteiger partial charge in [-0.15, -0.1) is 0 Å². The molecule has 1 N–H and O–H groups in total. The van der Waals surface area contributed by atoms with Crippen LogP contribution in [0.25, 0.3) is 0 Å². The average molecular weight is 199 g/mol. The van der Waals surface area contributed by atoms with Crippen molar-refractivity contribution in [1.82, 2.24) is 4.72 Å². The van der Waals surface area contributed by atoms with E-state index in [1.54, 1.807) is 6.92 Å². The Balaban J connectivity index is 3.39. The number of carbonyl (C=O) groups is 1. The van der Waals surface area contributed by atoms with Crippen LogP contribution in [-0.2, 0) is 14.8 Å². The fourth-order valence-corrected chi connectivity index (χ4v) is 2.29. The Bertz CT molecular complexity index is 415. The Morgan fingerprint density at radius 3 is 2.54 bits per heavy atom. The van der Waals surface area contributed by atoms with Gasteiger partial charge in [0.15, 0.2) is 0 Å². The lowest BCUT2D eigenvalue weighted by Crippen LogP contribution is -2.20. The molecule has 0 spiro atoms. The summed E-state index contributed by atoms with van der Waals surface area (Å²) in [6, 6.07) is 0. The molecule has 0 aliphatic carbocycles. The van der Waals surface area contributed by atoms with Gasteiger partial charge < -0.3 is 0 Å². The molecule has 0 radical (unpaired) electrons. The van der Waals surface area contributed by atoms with E-state index in [1.807, 2.05) is 4.72 Å². The SMILES string of the molecule is C=C/C=C1\C(=C/C)C(=O)NS1(=O)=O. The lowest BCUT2D eigenvalue weighted by molar-refractivity contribution is -0.115. The number of rotatable bonds is 1. The molecule has 1 saturated heterocycles. The summed E-state index contributed by atoms with van der Waals surface area (Å²) in [5.74, 6) is -0.587. The molecule has 1 aliphatic heterocycles. The normalized spacial score (nSPS) is 26.4. The number of amides is 1. The highest BCUT2D eigenvalue weighted by molar-refractivity contribution is 7.95. The maximum atomic E-state index is 11.2. The predicted octanol–water partition coefficient (Wildman–Crippen LogP) is 0.462. The van der Waals surface area contributed by atoms with Crippen molar-refractivity contribution in [2.24, 2.45) is 0 Å². The molecule has 4 nitrogen and oxygen atoms in total. The molecule has 0 unspecified atom stereocenters. The molecule has 1 aliphatic rings. The van der Waals surface area contributed by atoms with Crippen molar-refractivity contribution in [2.75, 3.05) is 0 Å². The van der Waals surface area contributed by atoms with Crippen LogP contribution >= 0.6 is 0 Å². The molecule has 0 atom stereocenters. The van der Waals surface area contributed by atoms with Gasteiger partial charge in [-0.25, -0.2) is 13.1 Å². The van der Waals surface area contributed by atoms with E-state index in [-0.39, 0.29) is 10.5 Å². The van der Waals surface area contributed by atoms with Gasteiger partial charge in [-0.1, -0.05) is 18.7 Å². The molecule has 1 rings (SSSR count). The molecule has 0 bridgehead atoms. The van der Waals surface area contributed by atoms with E-state index in [0.29, 0.717) is 0 Å². The maximum Gasteiger partial charge on any atom is 0.266 e. The van der Waals surface area contributed by atoms with Crippen LogP contribution in [-0.4, -0.2) is 14.3 Å². The molecule has 0 aromatic rings. The fourth-order valence-electron chi connectivity index (χ4n) is 1.05. The summed E-state index contributed by atoms with van der Waals surface area (Å²) < 4.78 is 24.4. The summed E-state index contributed by atoms with van der Waals surface area (Å²) in [5, 5.41) is 0. The van der Waals surface area contributed by atoms with E-state index < -0.39 is 15.9 Å². The second-order valence-corrected chi connectivity index (χ2v) is 4.05. The summed E-state index contributed by atoms with van der Waals surface area (Å²) in [6.45, 7) is 4.98. The molecule has 70 valence electrons. The average Bonchev–Trinajstić information content (AvgIpc) is 2.23. The number of nitrogens with one attached hydrogen (secondary N) is 1. The van der Waals surface area contributed by atoms with Crippen LogP contribution in [0.4, 0.5) is 0 Å². The van der Waals surface area contributed by atoms with Crippen LogP contribution in [0.5, 0.6) is 0 Å². The largest absolute Gasteiger partial charge is 0.268 e. The van der Waals surface area contributed by atoms with E-state index in [4.69, 9.17) is 0 Å². The lowest BCUT2D eigenvalue weighted by atomic mass is 10.2. The van der Waals surface area contributed by atoms with Gasteiger partial charge in [-0.3, -0.25) is 4.79 Å². The first-order chi connectivity index (χ1) is 6.03. The van der Waals surface area contributed by atoms with Gasteiger partial charge in [-0.2, -0.15) is 0 Å². The molecule has 5 heteroatoms. The molecule has 1 amide bonds. The maximum absolute atomic E-state index is 11.2. The standard InChI is InChI=1S/C8H9NO3S/c1-3-5-7-6(4-2)8(10)9-13(7,11)12/h3-5H,1H2,2H3,(H,9,10)/b6-4+,7-5+. The molecule has 0 aromatic heterocycles. The topological polar surface area (TPSA) is 63.2 Å². The third-order valence-corrected chi connectivity index (χ3v) is 2.97. The van der Waals surface area contributed by atoms with Crippen LogP contribution in [0.15, 0.2) is 35.3 Å². The summed E-state index contributed by atoms with van der Waals surface area (Å²) in [4.78, 5) is 11.1. The second kappa shape index (κ2) is 3.18. The van der Waals surface area contributed by atoms with Crippen LogP contribution in [0.2, 0.25) is 0 Å². The molecule has 1 heterocycles. The quantitative estimate of drug-likeness (QED) is 0.624. The van der Waals surface area contributed by atoms with Crippen molar-refractivity contribution in [3.05, 3.63) is 35.3 Å². The van der Waals surface area contributed by atoms with Crippen LogP contribution < -0.4 is 4.72 Å². The summed E-state index contributed by atoms with van der Waals surface area (Å²) in [7, 11) is -3.64. The van der Waals surface area contributed by atoms with E-state index in [2.05, 4.69) is 6.58 Å². The number of carbonyl (C=O) groups excluding carboxylic acids is 1. The lowest BCUT2D eigenvalue weighted by Gasteiger charge is -1.92. The molecule has 1 fully saturated rings. The summed E-state index contributed by atoms with van der Waals surface area (Å²) >= 11 is 0. The van der Waals surface area contributed by atoms with Crippen molar-refractivity contribution in [3.63, 3.8) is 0 Å². The van der Waals surface area contributed by atoms with Crippen molar-refractivity contribution in [2.45, 2.75) is 6.92 Å². The highest BCUT2D eigenvalue weighted by Crippen LogP contribution is 2.23. The van der Waals surface area contributed by atoms with Gasteiger partial charge in [0.2, 0.25) is 0 Å². The van der Waals surface area contributed by atoms with Crippen LogP contribution in [0.3, 0.4) is 0 Å². The zero-order valence-corrected chi connectivity index (χ0v) is 7.89. The Hall–Kier alpha value is -1.36. The minimum absolute atomic E-state index is 0.0185. The third kappa shape index (κ3) is 1.55. The summed E-state index contributed by atoms with van der Waals surface area (Å²) in [5.41, 5.74) is 0.167. The highest BCUT2D eigenvalue weighted by Gasteiger charge is 2.34. The molecule has 13 heavy (non-hydrogen) atoms. The second-order valence-electron chi connectivity index (χ2n) is 2.40. The Kier molecular flexibility index (Phi) is 2.38. The highest BCUT2D eigenvalue weighted by atomic mass is 32.2. The summed E-state index contributed by atoms with van der Waals surface area (Å²) in [6.07, 6.45) is 4.08. The van der Waals surface area contributed by atoms with Crippen molar-refractivity contribution in [3.8, 4) is 0 Å². The van der Waals surface area contributed by atoms with Gasteiger partial charge in [0.1, 0.15) is 0 Å². The minimum Gasteiger partial charge on any atom is -0.268 e. The van der Waals surface area contributed by atoms with Gasteiger partial charge in [0, 0.05) is 0 Å². The van der Waals surface area contributed by atoms with Crippen molar-refractivity contribution < 1.29 is 13.2 Å². The van der Waals surface area contributed by atoms with Crippen LogP contribution in [0.1, 0.15) is 6.92 Å². The fraction of sp³-hybridized carbons (Fsp3) is 0.125. The smallest absolute Gasteiger partial charge is 0.266 e. The molecular formula is C8H9NO3S.